The summed E-state index contributed by atoms with van der Waals surface area (Å²) in [5, 5.41) is 12.7. The molecule has 7 heteroatoms. The molecule has 30 heavy (non-hydrogen) atoms. The minimum absolute atomic E-state index is 0.00962. The van der Waals surface area contributed by atoms with Gasteiger partial charge in [0, 0.05) is 7.11 Å². The molecule has 2 saturated carbocycles. The lowest BCUT2D eigenvalue weighted by Gasteiger charge is -2.43. The van der Waals surface area contributed by atoms with Gasteiger partial charge in [-0.15, -0.1) is 0 Å². The Kier molecular flexibility index (Phi) is 5.94. The topological polar surface area (TPSA) is 92.9 Å². The van der Waals surface area contributed by atoms with Gasteiger partial charge in [0.2, 0.25) is 0 Å². The zero-order valence-electron chi connectivity index (χ0n) is 18.7. The highest BCUT2D eigenvalue weighted by Gasteiger charge is 2.72. The predicted molar refractivity (Wildman–Crippen MR) is 111 cm³/mol. The van der Waals surface area contributed by atoms with Gasteiger partial charge in [0.25, 0.3) is 0 Å². The maximum Gasteiger partial charge on any atom is 0.408 e. The van der Waals surface area contributed by atoms with Crippen molar-refractivity contribution in [3.63, 3.8) is 0 Å². The fourth-order valence-corrected chi connectivity index (χ4v) is 5.83. The minimum Gasteiger partial charge on any atom is -0.443 e. The first-order chi connectivity index (χ1) is 14.3. The summed E-state index contributed by atoms with van der Waals surface area (Å²) in [7, 11) is 1.68. The normalized spacial score (nSPS) is 41.4. The van der Waals surface area contributed by atoms with Crippen molar-refractivity contribution < 1.29 is 28.8 Å². The van der Waals surface area contributed by atoms with Crippen molar-refractivity contribution >= 4 is 6.09 Å². The predicted octanol–water partition coefficient (Wildman–Crippen LogP) is 3.09. The van der Waals surface area contributed by atoms with Crippen LogP contribution in [0.15, 0.2) is 11.6 Å². The molecule has 0 bridgehead atoms. The first kappa shape index (κ1) is 22.1. The maximum atomic E-state index is 12.7. The van der Waals surface area contributed by atoms with E-state index in [4.69, 9.17) is 18.9 Å². The van der Waals surface area contributed by atoms with Crippen LogP contribution in [-0.4, -0.2) is 66.6 Å². The second-order valence-electron chi connectivity index (χ2n) is 10.1. The number of rotatable bonds is 7. The third kappa shape index (κ3) is 4.01. The molecule has 0 aromatic rings. The molecule has 6 atom stereocenters. The Morgan fingerprint density at radius 3 is 2.53 bits per heavy atom. The quantitative estimate of drug-likeness (QED) is 0.483. The van der Waals surface area contributed by atoms with E-state index in [2.05, 4.69) is 32.2 Å². The second-order valence-corrected chi connectivity index (χ2v) is 10.1. The van der Waals surface area contributed by atoms with Crippen LogP contribution in [0.4, 0.5) is 4.79 Å². The van der Waals surface area contributed by atoms with Gasteiger partial charge in [-0.1, -0.05) is 24.5 Å². The van der Waals surface area contributed by atoms with E-state index in [1.54, 1.807) is 7.11 Å². The molecule has 4 rings (SSSR count). The van der Waals surface area contributed by atoms with E-state index in [1.165, 1.54) is 5.57 Å². The summed E-state index contributed by atoms with van der Waals surface area (Å²) < 4.78 is 24.0. The zero-order valence-corrected chi connectivity index (χ0v) is 18.7. The van der Waals surface area contributed by atoms with E-state index in [-0.39, 0.29) is 42.0 Å². The molecule has 2 heterocycles. The number of hydrogen-bond acceptors (Lipinski definition) is 6. The summed E-state index contributed by atoms with van der Waals surface area (Å²) in [6.07, 6.45) is 7.20. The van der Waals surface area contributed by atoms with Crippen LogP contribution in [0.2, 0.25) is 0 Å². The Labute approximate surface area is 179 Å². The molecule has 4 fully saturated rings. The fourth-order valence-electron chi connectivity index (χ4n) is 5.83. The maximum absolute atomic E-state index is 12.7. The van der Waals surface area contributed by atoms with E-state index in [1.807, 2.05) is 0 Å². The molecular weight excluding hydrogens is 386 g/mol. The highest BCUT2D eigenvalue weighted by molar-refractivity contribution is 5.68. The van der Waals surface area contributed by atoms with Crippen molar-refractivity contribution in [1.82, 2.24) is 5.32 Å². The number of ether oxygens (including phenoxy) is 4. The number of nitrogens with one attached hydrogen (secondary N) is 1. The highest BCUT2D eigenvalue weighted by atomic mass is 16.6. The molecule has 0 radical (unpaired) electrons. The lowest BCUT2D eigenvalue weighted by molar-refractivity contribution is -0.119. The monoisotopic (exact) mass is 423 g/mol. The van der Waals surface area contributed by atoms with Gasteiger partial charge in [0.15, 0.2) is 0 Å². The molecule has 170 valence electrons. The average Bonchev–Trinajstić information content (AvgIpc) is 3.57. The van der Waals surface area contributed by atoms with E-state index < -0.39 is 11.6 Å². The largest absolute Gasteiger partial charge is 0.443 e. The van der Waals surface area contributed by atoms with Crippen molar-refractivity contribution in [2.45, 2.75) is 101 Å². The first-order valence-electron chi connectivity index (χ1n) is 11.4. The van der Waals surface area contributed by atoms with Crippen LogP contribution in [-0.2, 0) is 18.9 Å². The Morgan fingerprint density at radius 2 is 1.97 bits per heavy atom. The highest BCUT2D eigenvalue weighted by Crippen LogP contribution is 2.59. The molecule has 2 N–H and O–H groups in total. The summed E-state index contributed by atoms with van der Waals surface area (Å²) in [5.41, 5.74) is 0.151. The first-order valence-corrected chi connectivity index (χ1v) is 11.4. The standard InChI is InChI=1S/C23H37NO6/c1-15(2)7-8-17-21(3,30-17)19-18(27-4)16(9-12-23(19)14-28-23)29-20(26)24-22(13-25)10-5-6-11-22/h7,16-19,25H,5-6,8-14H2,1-4H3,(H,24,26)/t16?,17-,18?,19?,21+,23+/m1/s1. The third-order valence-corrected chi connectivity index (χ3v) is 7.73. The molecule has 0 aromatic carbocycles. The molecule has 7 nitrogen and oxygen atoms in total. The summed E-state index contributed by atoms with van der Waals surface area (Å²) in [4.78, 5) is 12.7. The van der Waals surface area contributed by atoms with Gasteiger partial charge in [-0.25, -0.2) is 4.79 Å². The van der Waals surface area contributed by atoms with E-state index in [0.717, 1.165) is 38.5 Å². The van der Waals surface area contributed by atoms with Crippen LogP contribution < -0.4 is 5.32 Å². The number of aliphatic hydroxyl groups is 1. The number of alkyl carbamates (subject to hydrolysis) is 1. The van der Waals surface area contributed by atoms with Crippen LogP contribution in [0.1, 0.15) is 65.7 Å². The Morgan fingerprint density at radius 1 is 1.27 bits per heavy atom. The van der Waals surface area contributed by atoms with Gasteiger partial charge in [-0.3, -0.25) is 0 Å². The van der Waals surface area contributed by atoms with Gasteiger partial charge >= 0.3 is 6.09 Å². The molecular formula is C23H37NO6. The summed E-state index contributed by atoms with van der Waals surface area (Å²) in [6, 6.07) is 0. The van der Waals surface area contributed by atoms with Crippen LogP contribution in [0.3, 0.4) is 0 Å². The van der Waals surface area contributed by atoms with Gasteiger partial charge in [-0.2, -0.15) is 0 Å². The van der Waals surface area contributed by atoms with Crippen molar-refractivity contribution in [2.75, 3.05) is 20.3 Å². The molecule has 3 unspecified atom stereocenters. The van der Waals surface area contributed by atoms with Crippen molar-refractivity contribution in [1.29, 1.82) is 0 Å². The number of allylic oxidation sites excluding steroid dienone is 1. The molecule has 4 aliphatic rings. The number of hydrogen-bond donors (Lipinski definition) is 2. The summed E-state index contributed by atoms with van der Waals surface area (Å²) >= 11 is 0. The lowest BCUT2D eigenvalue weighted by Crippen LogP contribution is -2.57. The number of aliphatic hydroxyl groups excluding tert-OH is 1. The van der Waals surface area contributed by atoms with Crippen LogP contribution in [0.5, 0.6) is 0 Å². The molecule has 2 aliphatic heterocycles. The van der Waals surface area contributed by atoms with Gasteiger partial charge in [0.05, 0.1) is 30.8 Å². The van der Waals surface area contributed by atoms with E-state index >= 15 is 0 Å². The zero-order chi connectivity index (χ0) is 21.6. The lowest BCUT2D eigenvalue weighted by atomic mass is 9.68. The number of amides is 1. The summed E-state index contributed by atoms with van der Waals surface area (Å²) in [5.74, 6) is 0.00962. The number of carbonyl (C=O) groups is 1. The van der Waals surface area contributed by atoms with Crippen LogP contribution in [0.25, 0.3) is 0 Å². The average molecular weight is 424 g/mol. The number of carbonyl (C=O) groups excluding carboxylic acids is 1. The van der Waals surface area contributed by atoms with Gasteiger partial charge in [-0.05, 0) is 52.9 Å². The Balaban J connectivity index is 1.45. The molecule has 1 amide bonds. The fraction of sp³-hybridized carbons (Fsp3) is 0.870. The third-order valence-electron chi connectivity index (χ3n) is 7.73. The van der Waals surface area contributed by atoms with Gasteiger partial charge < -0.3 is 29.4 Å². The molecule has 1 spiro atoms. The number of methoxy groups -OCH3 is 1. The molecule has 2 aliphatic carbocycles. The van der Waals surface area contributed by atoms with Crippen molar-refractivity contribution in [3.8, 4) is 0 Å². The van der Waals surface area contributed by atoms with Gasteiger partial charge in [0.1, 0.15) is 23.4 Å². The molecule has 2 saturated heterocycles. The SMILES string of the molecule is COC1C(OC(=O)NC2(CO)CCCC2)CC[C@]2(CO2)C1[C@@]1(C)O[C@@H]1CC=C(C)C. The molecule has 0 aromatic heterocycles. The second kappa shape index (κ2) is 8.08. The smallest absolute Gasteiger partial charge is 0.408 e. The minimum atomic E-state index is -0.546. The number of epoxide rings is 2. The van der Waals surface area contributed by atoms with E-state index in [9.17, 15) is 9.90 Å². The van der Waals surface area contributed by atoms with Crippen LogP contribution >= 0.6 is 0 Å². The van der Waals surface area contributed by atoms with E-state index in [0.29, 0.717) is 13.0 Å². The van der Waals surface area contributed by atoms with Crippen LogP contribution in [0, 0.1) is 5.92 Å². The Bertz CT molecular complexity index is 679. The summed E-state index contributed by atoms with van der Waals surface area (Å²) in [6.45, 7) is 6.97. The van der Waals surface area contributed by atoms with Crippen molar-refractivity contribution in [2.24, 2.45) is 5.92 Å². The Hall–Kier alpha value is -1.15. The van der Waals surface area contributed by atoms with Crippen molar-refractivity contribution in [3.05, 3.63) is 11.6 Å².